The predicted octanol–water partition coefficient (Wildman–Crippen LogP) is 1.29. The van der Waals surface area contributed by atoms with Crippen LogP contribution in [0.25, 0.3) is 0 Å². The fraction of sp³-hybridized carbons (Fsp3) is 0.545. The van der Waals surface area contributed by atoms with Crippen molar-refractivity contribution in [3.8, 4) is 0 Å². The molecule has 2 N–H and O–H groups in total. The Morgan fingerprint density at radius 3 is 2.53 bits per heavy atom. The summed E-state index contributed by atoms with van der Waals surface area (Å²) in [4.78, 5) is 11.7. The van der Waals surface area contributed by atoms with Gasteiger partial charge in [0.2, 0.25) is 10.0 Å². The first-order chi connectivity index (χ1) is 8.73. The Hall–Kier alpha value is -0.960. The van der Waals surface area contributed by atoms with Gasteiger partial charge in [0.15, 0.2) is 0 Å². The fourth-order valence-electron chi connectivity index (χ4n) is 1.38. The maximum absolute atomic E-state index is 11.7. The topological polar surface area (TPSA) is 95.7 Å². The zero-order valence-electron chi connectivity index (χ0n) is 11.0. The predicted molar refractivity (Wildman–Crippen MR) is 71.8 cm³/mol. The minimum Gasteiger partial charge on any atom is -0.460 e. The van der Waals surface area contributed by atoms with E-state index in [2.05, 4.69) is 0 Å². The molecule has 1 rings (SSSR count). The van der Waals surface area contributed by atoms with Gasteiger partial charge in [-0.15, -0.1) is 11.3 Å². The molecule has 0 fully saturated rings. The number of nitrogens with two attached hydrogens (primary N) is 1. The van der Waals surface area contributed by atoms with Gasteiger partial charge in [0.25, 0.3) is 0 Å². The summed E-state index contributed by atoms with van der Waals surface area (Å²) < 4.78 is 32.7. The van der Waals surface area contributed by atoms with Crippen LogP contribution in [0, 0.1) is 6.92 Å². The van der Waals surface area contributed by atoms with Crippen molar-refractivity contribution >= 4 is 27.3 Å². The molecule has 0 unspecified atom stereocenters. The Bertz CT molecular complexity index is 547. The zero-order chi connectivity index (χ0) is 14.6. The first kappa shape index (κ1) is 16.1. The Morgan fingerprint density at radius 1 is 1.42 bits per heavy atom. The summed E-state index contributed by atoms with van der Waals surface area (Å²) in [5, 5.41) is 6.47. The first-order valence-electron chi connectivity index (χ1n) is 5.63. The van der Waals surface area contributed by atoms with Crippen LogP contribution in [-0.2, 0) is 19.5 Å². The van der Waals surface area contributed by atoms with E-state index in [0.29, 0.717) is 12.2 Å². The highest BCUT2D eigenvalue weighted by Gasteiger charge is 2.21. The summed E-state index contributed by atoms with van der Waals surface area (Å²) >= 11 is 0.910. The Kier molecular flexibility index (Phi) is 5.48. The van der Waals surface area contributed by atoms with Gasteiger partial charge in [-0.25, -0.2) is 18.4 Å². The smallest absolute Gasteiger partial charge is 0.339 e. The van der Waals surface area contributed by atoms with Crippen molar-refractivity contribution < 1.29 is 22.7 Å². The van der Waals surface area contributed by atoms with Crippen molar-refractivity contribution in [1.29, 1.82) is 0 Å². The third-order valence-electron chi connectivity index (χ3n) is 2.24. The summed E-state index contributed by atoms with van der Waals surface area (Å²) in [6, 6.07) is 0. The molecule has 0 aliphatic carbocycles. The van der Waals surface area contributed by atoms with Crippen LogP contribution in [0.3, 0.4) is 0 Å². The van der Waals surface area contributed by atoms with Gasteiger partial charge in [0.05, 0.1) is 18.3 Å². The normalized spacial score (nSPS) is 11.8. The van der Waals surface area contributed by atoms with Crippen molar-refractivity contribution in [1.82, 2.24) is 0 Å². The standard InChI is InChI=1S/C11H17NO5S2/c1-7(2)16-4-5-17-10(13)9-6-18-11(8(9)3)19(12,14)15/h6-7H,4-5H2,1-3H3,(H2,12,14,15). The maximum Gasteiger partial charge on any atom is 0.339 e. The van der Waals surface area contributed by atoms with Crippen LogP contribution >= 0.6 is 11.3 Å². The fourth-order valence-corrected chi connectivity index (χ4v) is 3.38. The van der Waals surface area contributed by atoms with Crippen molar-refractivity contribution in [3.63, 3.8) is 0 Å². The molecule has 0 radical (unpaired) electrons. The number of hydrogen-bond donors (Lipinski definition) is 1. The summed E-state index contributed by atoms with van der Waals surface area (Å²) in [7, 11) is -3.80. The van der Waals surface area contributed by atoms with E-state index in [0.717, 1.165) is 11.3 Å². The van der Waals surface area contributed by atoms with Crippen LogP contribution in [0.5, 0.6) is 0 Å². The van der Waals surface area contributed by atoms with Crippen molar-refractivity contribution in [3.05, 3.63) is 16.5 Å². The lowest BCUT2D eigenvalue weighted by atomic mass is 10.2. The molecule has 1 aromatic heterocycles. The van der Waals surface area contributed by atoms with Gasteiger partial charge in [0, 0.05) is 5.38 Å². The van der Waals surface area contributed by atoms with Crippen LogP contribution in [-0.4, -0.2) is 33.7 Å². The van der Waals surface area contributed by atoms with E-state index in [1.165, 1.54) is 12.3 Å². The Morgan fingerprint density at radius 2 is 2.05 bits per heavy atom. The Labute approximate surface area is 116 Å². The number of thiophene rings is 1. The maximum atomic E-state index is 11.7. The molecule has 1 heterocycles. The molecule has 0 saturated carbocycles. The van der Waals surface area contributed by atoms with Crippen LogP contribution in [0.1, 0.15) is 29.8 Å². The average Bonchev–Trinajstić information content (AvgIpc) is 2.65. The molecule has 0 atom stereocenters. The lowest BCUT2D eigenvalue weighted by molar-refractivity contribution is 0.0176. The molecule has 1 aromatic rings. The van der Waals surface area contributed by atoms with E-state index in [-0.39, 0.29) is 22.5 Å². The third-order valence-corrected chi connectivity index (χ3v) is 4.92. The number of primary sulfonamides is 1. The third kappa shape index (κ3) is 4.57. The Balaban J connectivity index is 2.66. The lowest BCUT2D eigenvalue weighted by Crippen LogP contribution is -2.15. The molecular formula is C11H17NO5S2. The highest BCUT2D eigenvalue weighted by Crippen LogP contribution is 2.25. The summed E-state index contributed by atoms with van der Waals surface area (Å²) in [6.07, 6.45) is 0.0653. The van der Waals surface area contributed by atoms with Gasteiger partial charge < -0.3 is 9.47 Å². The van der Waals surface area contributed by atoms with Gasteiger partial charge in [-0.05, 0) is 26.3 Å². The molecule has 108 valence electrons. The summed E-state index contributed by atoms with van der Waals surface area (Å²) in [5.74, 6) is -0.573. The molecule has 6 nitrogen and oxygen atoms in total. The molecule has 8 heteroatoms. The molecule has 19 heavy (non-hydrogen) atoms. The summed E-state index contributed by atoms with van der Waals surface area (Å²) in [5.41, 5.74) is 0.542. The first-order valence-corrected chi connectivity index (χ1v) is 8.05. The van der Waals surface area contributed by atoms with E-state index < -0.39 is 16.0 Å². The second-order valence-electron chi connectivity index (χ2n) is 4.16. The van der Waals surface area contributed by atoms with Crippen molar-refractivity contribution in [2.45, 2.75) is 31.1 Å². The number of ether oxygens (including phenoxy) is 2. The highest BCUT2D eigenvalue weighted by molar-refractivity contribution is 7.91. The minimum absolute atomic E-state index is 0.0159. The van der Waals surface area contributed by atoms with Crippen molar-refractivity contribution in [2.75, 3.05) is 13.2 Å². The number of rotatable bonds is 6. The molecule has 0 bridgehead atoms. The number of hydrogen-bond acceptors (Lipinski definition) is 6. The molecule has 0 aromatic carbocycles. The average molecular weight is 307 g/mol. The van der Waals surface area contributed by atoms with Crippen LogP contribution in [0.2, 0.25) is 0 Å². The molecular weight excluding hydrogens is 290 g/mol. The van der Waals surface area contributed by atoms with Crippen LogP contribution in [0.15, 0.2) is 9.59 Å². The van der Waals surface area contributed by atoms with E-state index in [4.69, 9.17) is 14.6 Å². The molecule has 0 spiro atoms. The van der Waals surface area contributed by atoms with E-state index >= 15 is 0 Å². The molecule has 0 amide bonds. The van der Waals surface area contributed by atoms with Crippen LogP contribution < -0.4 is 5.14 Å². The summed E-state index contributed by atoms with van der Waals surface area (Å²) in [6.45, 7) is 5.70. The SMILES string of the molecule is Cc1c(C(=O)OCCOC(C)C)csc1S(N)(=O)=O. The van der Waals surface area contributed by atoms with E-state index in [1.54, 1.807) is 0 Å². The van der Waals surface area contributed by atoms with Crippen molar-refractivity contribution in [2.24, 2.45) is 5.14 Å². The highest BCUT2D eigenvalue weighted by atomic mass is 32.2. The van der Waals surface area contributed by atoms with Gasteiger partial charge in [-0.2, -0.15) is 0 Å². The monoisotopic (exact) mass is 307 g/mol. The van der Waals surface area contributed by atoms with Gasteiger partial charge >= 0.3 is 5.97 Å². The largest absolute Gasteiger partial charge is 0.460 e. The van der Waals surface area contributed by atoms with E-state index in [1.807, 2.05) is 13.8 Å². The second-order valence-corrected chi connectivity index (χ2v) is 6.80. The molecule has 0 saturated heterocycles. The van der Waals surface area contributed by atoms with Crippen LogP contribution in [0.4, 0.5) is 0 Å². The molecule has 0 aliphatic heterocycles. The van der Waals surface area contributed by atoms with E-state index in [9.17, 15) is 13.2 Å². The number of esters is 1. The van der Waals surface area contributed by atoms with Gasteiger partial charge in [-0.3, -0.25) is 0 Å². The lowest BCUT2D eigenvalue weighted by Gasteiger charge is -2.08. The minimum atomic E-state index is -3.80. The number of carbonyl (C=O) groups excluding carboxylic acids is 1. The van der Waals surface area contributed by atoms with Gasteiger partial charge in [0.1, 0.15) is 10.8 Å². The van der Waals surface area contributed by atoms with Gasteiger partial charge in [-0.1, -0.05) is 0 Å². The quantitative estimate of drug-likeness (QED) is 0.631. The zero-order valence-corrected chi connectivity index (χ0v) is 12.6. The number of carbonyl (C=O) groups is 1. The number of sulfonamides is 1. The molecule has 0 aliphatic rings. The second kappa shape index (κ2) is 6.47.